The standard InChI is InChI=1S/C17H16O3/c1-10(2)8-14-11(3)16(17(18)20-14)15-9-12-6-4-5-7-13(12)19-15/h4-10H,1-3H3/b14-8-. The van der Waals surface area contributed by atoms with Crippen molar-refractivity contribution < 1.29 is 13.9 Å². The first-order valence-corrected chi connectivity index (χ1v) is 6.70. The highest BCUT2D eigenvalue weighted by Crippen LogP contribution is 2.35. The minimum Gasteiger partial charge on any atom is -0.456 e. The zero-order valence-corrected chi connectivity index (χ0v) is 11.8. The van der Waals surface area contributed by atoms with Crippen LogP contribution >= 0.6 is 0 Å². The molecule has 3 heteroatoms. The van der Waals surface area contributed by atoms with Gasteiger partial charge in [0.25, 0.3) is 0 Å². The number of para-hydroxylation sites is 1. The number of hydrogen-bond donors (Lipinski definition) is 0. The molecule has 0 unspecified atom stereocenters. The van der Waals surface area contributed by atoms with Crippen LogP contribution in [0.15, 0.2) is 52.2 Å². The van der Waals surface area contributed by atoms with Gasteiger partial charge in [0.2, 0.25) is 0 Å². The molecule has 0 saturated heterocycles. The van der Waals surface area contributed by atoms with Gasteiger partial charge in [-0.05, 0) is 31.1 Å². The molecule has 0 radical (unpaired) electrons. The summed E-state index contributed by atoms with van der Waals surface area (Å²) in [4.78, 5) is 12.1. The van der Waals surface area contributed by atoms with Gasteiger partial charge in [0.05, 0.1) is 0 Å². The van der Waals surface area contributed by atoms with Crippen molar-refractivity contribution in [1.82, 2.24) is 0 Å². The number of carbonyl (C=O) groups excluding carboxylic acids is 1. The van der Waals surface area contributed by atoms with Crippen LogP contribution in [0, 0.1) is 5.92 Å². The summed E-state index contributed by atoms with van der Waals surface area (Å²) in [5, 5.41) is 0.983. The molecule has 102 valence electrons. The number of fused-ring (bicyclic) bond motifs is 1. The Bertz CT molecular complexity index is 711. The van der Waals surface area contributed by atoms with E-state index in [4.69, 9.17) is 9.15 Å². The van der Waals surface area contributed by atoms with Crippen molar-refractivity contribution in [2.45, 2.75) is 20.8 Å². The van der Waals surface area contributed by atoms with Crippen LogP contribution in [-0.2, 0) is 9.53 Å². The predicted molar refractivity (Wildman–Crippen MR) is 77.8 cm³/mol. The van der Waals surface area contributed by atoms with Crippen molar-refractivity contribution in [1.29, 1.82) is 0 Å². The van der Waals surface area contributed by atoms with Gasteiger partial charge in [-0.1, -0.05) is 32.0 Å². The molecule has 0 N–H and O–H groups in total. The molecule has 0 saturated carbocycles. The molecular formula is C17H16O3. The van der Waals surface area contributed by atoms with Crippen molar-refractivity contribution in [2.24, 2.45) is 5.92 Å². The number of cyclic esters (lactones) is 1. The van der Waals surface area contributed by atoms with E-state index < -0.39 is 0 Å². The van der Waals surface area contributed by atoms with Gasteiger partial charge < -0.3 is 9.15 Å². The summed E-state index contributed by atoms with van der Waals surface area (Å²) in [5.41, 5.74) is 2.13. The van der Waals surface area contributed by atoms with Gasteiger partial charge in [0.1, 0.15) is 22.7 Å². The average Bonchev–Trinajstić information content (AvgIpc) is 2.90. The van der Waals surface area contributed by atoms with E-state index in [1.165, 1.54) is 0 Å². The lowest BCUT2D eigenvalue weighted by Gasteiger charge is -2.00. The van der Waals surface area contributed by atoms with E-state index in [0.29, 0.717) is 23.0 Å². The minimum atomic E-state index is -0.339. The molecule has 0 fully saturated rings. The topological polar surface area (TPSA) is 39.4 Å². The third-order valence-electron chi connectivity index (χ3n) is 3.31. The van der Waals surface area contributed by atoms with E-state index >= 15 is 0 Å². The first-order valence-electron chi connectivity index (χ1n) is 6.70. The molecule has 0 atom stereocenters. The van der Waals surface area contributed by atoms with Gasteiger partial charge >= 0.3 is 5.97 Å². The molecule has 20 heavy (non-hydrogen) atoms. The van der Waals surface area contributed by atoms with Crippen LogP contribution in [0.1, 0.15) is 26.5 Å². The maximum absolute atomic E-state index is 12.1. The highest BCUT2D eigenvalue weighted by Gasteiger charge is 2.30. The van der Waals surface area contributed by atoms with E-state index in [-0.39, 0.29) is 5.97 Å². The SMILES string of the molecule is CC1=C(c2cc3ccccc3o2)C(=O)O/C1=C\C(C)C. The van der Waals surface area contributed by atoms with Crippen molar-refractivity contribution in [3.8, 4) is 0 Å². The predicted octanol–water partition coefficient (Wildman–Crippen LogP) is 4.30. The van der Waals surface area contributed by atoms with Crippen LogP contribution in [0.4, 0.5) is 0 Å². The Morgan fingerprint density at radius 1 is 1.20 bits per heavy atom. The molecular weight excluding hydrogens is 252 g/mol. The lowest BCUT2D eigenvalue weighted by Crippen LogP contribution is -1.97. The van der Waals surface area contributed by atoms with E-state index in [0.717, 1.165) is 16.5 Å². The van der Waals surface area contributed by atoms with Gasteiger partial charge in [-0.3, -0.25) is 0 Å². The molecule has 1 aliphatic rings. The molecule has 2 aromatic rings. The summed E-state index contributed by atoms with van der Waals surface area (Å²) in [6.45, 7) is 5.99. The van der Waals surface area contributed by atoms with Crippen molar-refractivity contribution in [2.75, 3.05) is 0 Å². The zero-order valence-electron chi connectivity index (χ0n) is 11.8. The fraction of sp³-hybridized carbons (Fsp3) is 0.235. The van der Waals surface area contributed by atoms with E-state index in [9.17, 15) is 4.79 Å². The number of rotatable bonds is 2. The van der Waals surface area contributed by atoms with Crippen molar-refractivity contribution >= 4 is 22.5 Å². The average molecular weight is 268 g/mol. The van der Waals surface area contributed by atoms with Crippen LogP contribution < -0.4 is 0 Å². The van der Waals surface area contributed by atoms with Gasteiger partial charge in [-0.2, -0.15) is 0 Å². The first kappa shape index (κ1) is 12.7. The molecule has 1 aromatic heterocycles. The third-order valence-corrected chi connectivity index (χ3v) is 3.31. The molecule has 1 aromatic carbocycles. The molecule has 3 nitrogen and oxygen atoms in total. The number of allylic oxidation sites excluding steroid dienone is 2. The summed E-state index contributed by atoms with van der Waals surface area (Å²) in [5.74, 6) is 1.19. The van der Waals surface area contributed by atoms with Gasteiger partial charge in [-0.25, -0.2) is 4.79 Å². The van der Waals surface area contributed by atoms with Gasteiger partial charge in [0, 0.05) is 11.0 Å². The summed E-state index contributed by atoms with van der Waals surface area (Å²) in [7, 11) is 0. The van der Waals surface area contributed by atoms with Crippen molar-refractivity contribution in [3.63, 3.8) is 0 Å². The first-order chi connectivity index (χ1) is 9.56. The smallest absolute Gasteiger partial charge is 0.347 e. The Kier molecular flexibility index (Phi) is 2.97. The van der Waals surface area contributed by atoms with Crippen LogP contribution in [0.25, 0.3) is 16.5 Å². The van der Waals surface area contributed by atoms with Crippen LogP contribution in [0.5, 0.6) is 0 Å². The van der Waals surface area contributed by atoms with Crippen LogP contribution in [-0.4, -0.2) is 5.97 Å². The van der Waals surface area contributed by atoms with Crippen LogP contribution in [0.2, 0.25) is 0 Å². The Labute approximate surface area is 117 Å². The largest absolute Gasteiger partial charge is 0.456 e. The van der Waals surface area contributed by atoms with Crippen LogP contribution in [0.3, 0.4) is 0 Å². The summed E-state index contributed by atoms with van der Waals surface area (Å²) in [6, 6.07) is 9.59. The number of benzene rings is 1. The molecule has 3 rings (SSSR count). The lowest BCUT2D eigenvalue weighted by molar-refractivity contribution is -0.131. The second kappa shape index (κ2) is 4.67. The second-order valence-electron chi connectivity index (χ2n) is 5.31. The van der Waals surface area contributed by atoms with Crippen molar-refractivity contribution in [3.05, 3.63) is 53.5 Å². The number of carbonyl (C=O) groups is 1. The number of esters is 1. The normalized spacial score (nSPS) is 17.6. The Morgan fingerprint density at radius 3 is 2.65 bits per heavy atom. The zero-order chi connectivity index (χ0) is 14.3. The van der Waals surface area contributed by atoms with E-state index in [1.54, 1.807) is 0 Å². The molecule has 0 bridgehead atoms. The fourth-order valence-electron chi connectivity index (χ4n) is 2.36. The number of hydrogen-bond acceptors (Lipinski definition) is 3. The second-order valence-corrected chi connectivity index (χ2v) is 5.31. The summed E-state index contributed by atoms with van der Waals surface area (Å²) in [6.07, 6.45) is 1.95. The maximum atomic E-state index is 12.1. The summed E-state index contributed by atoms with van der Waals surface area (Å²) < 4.78 is 11.1. The Hall–Kier alpha value is -2.29. The highest BCUT2D eigenvalue weighted by molar-refractivity contribution is 6.20. The van der Waals surface area contributed by atoms with E-state index in [1.807, 2.05) is 57.2 Å². The molecule has 2 heterocycles. The number of ether oxygens (including phenoxy) is 1. The minimum absolute atomic E-state index is 0.322. The molecule has 1 aliphatic heterocycles. The Morgan fingerprint density at radius 2 is 1.95 bits per heavy atom. The monoisotopic (exact) mass is 268 g/mol. The highest BCUT2D eigenvalue weighted by atomic mass is 16.5. The third kappa shape index (κ3) is 2.05. The maximum Gasteiger partial charge on any atom is 0.347 e. The Balaban J connectivity index is 2.12. The number of furan rings is 1. The van der Waals surface area contributed by atoms with Gasteiger partial charge in [-0.15, -0.1) is 0 Å². The quantitative estimate of drug-likeness (QED) is 0.762. The fourth-order valence-corrected chi connectivity index (χ4v) is 2.36. The van der Waals surface area contributed by atoms with Gasteiger partial charge in [0.15, 0.2) is 0 Å². The molecule has 0 spiro atoms. The lowest BCUT2D eigenvalue weighted by atomic mass is 10.1. The summed E-state index contributed by atoms with van der Waals surface area (Å²) >= 11 is 0. The van der Waals surface area contributed by atoms with E-state index in [2.05, 4.69) is 0 Å². The molecule has 0 aliphatic carbocycles. The molecule has 0 amide bonds.